The van der Waals surface area contributed by atoms with E-state index < -0.39 is 0 Å². The van der Waals surface area contributed by atoms with E-state index in [0.29, 0.717) is 47.2 Å². The van der Waals surface area contributed by atoms with Gasteiger partial charge < -0.3 is 15.0 Å². The molecule has 7 heteroatoms. The Morgan fingerprint density at radius 1 is 1.11 bits per heavy atom. The Hall–Kier alpha value is -2.18. The van der Waals surface area contributed by atoms with Gasteiger partial charge in [0.1, 0.15) is 5.75 Å². The fourth-order valence-corrected chi connectivity index (χ4v) is 3.36. The van der Waals surface area contributed by atoms with Crippen LogP contribution in [-0.4, -0.2) is 42.5 Å². The van der Waals surface area contributed by atoms with Crippen molar-refractivity contribution in [2.75, 3.05) is 19.7 Å². The molecule has 27 heavy (non-hydrogen) atoms. The van der Waals surface area contributed by atoms with Gasteiger partial charge in [-0.05, 0) is 49.2 Å². The van der Waals surface area contributed by atoms with E-state index in [2.05, 4.69) is 17.9 Å². The van der Waals surface area contributed by atoms with Crippen molar-refractivity contribution in [3.63, 3.8) is 0 Å². The van der Waals surface area contributed by atoms with Crippen LogP contribution in [0.15, 0.2) is 53.4 Å². The van der Waals surface area contributed by atoms with Crippen molar-refractivity contribution < 1.29 is 14.3 Å². The van der Waals surface area contributed by atoms with E-state index >= 15 is 0 Å². The zero-order valence-electron chi connectivity index (χ0n) is 14.7. The molecule has 2 aromatic carbocycles. The summed E-state index contributed by atoms with van der Waals surface area (Å²) < 4.78 is 5.51. The van der Waals surface area contributed by atoms with E-state index in [-0.39, 0.29) is 24.5 Å². The Morgan fingerprint density at radius 2 is 1.78 bits per heavy atom. The number of thiol groups is 1. The molecule has 0 spiro atoms. The smallest absolute Gasteiger partial charge is 0.260 e. The summed E-state index contributed by atoms with van der Waals surface area (Å²) >= 11 is 10.1. The Kier molecular flexibility index (Phi) is 6.63. The zero-order chi connectivity index (χ0) is 19.2. The Balaban J connectivity index is 1.44. The highest BCUT2D eigenvalue weighted by Gasteiger charge is 2.24. The van der Waals surface area contributed by atoms with Crippen LogP contribution < -0.4 is 10.1 Å². The third kappa shape index (κ3) is 5.40. The molecule has 1 aliphatic rings. The minimum Gasteiger partial charge on any atom is -0.484 e. The minimum absolute atomic E-state index is 0.00825. The maximum absolute atomic E-state index is 12.4. The van der Waals surface area contributed by atoms with Crippen LogP contribution in [-0.2, 0) is 4.79 Å². The number of hydrogen-bond donors (Lipinski definition) is 2. The predicted molar refractivity (Wildman–Crippen MR) is 108 cm³/mol. The lowest BCUT2D eigenvalue weighted by molar-refractivity contribution is -0.134. The van der Waals surface area contributed by atoms with Crippen LogP contribution in [0.25, 0.3) is 0 Å². The van der Waals surface area contributed by atoms with Gasteiger partial charge in [0.2, 0.25) is 0 Å². The molecule has 2 amide bonds. The molecule has 2 aromatic rings. The lowest BCUT2D eigenvalue weighted by Crippen LogP contribution is -2.47. The van der Waals surface area contributed by atoms with Crippen molar-refractivity contribution in [3.05, 3.63) is 59.1 Å². The summed E-state index contributed by atoms with van der Waals surface area (Å²) in [6.45, 7) is 1.18. The van der Waals surface area contributed by atoms with E-state index in [0.717, 1.165) is 0 Å². The first-order chi connectivity index (χ1) is 13.0. The van der Waals surface area contributed by atoms with Gasteiger partial charge in [0, 0.05) is 29.0 Å². The first-order valence-electron chi connectivity index (χ1n) is 8.78. The summed E-state index contributed by atoms with van der Waals surface area (Å²) in [4.78, 5) is 27.1. The number of ether oxygens (including phenoxy) is 1. The lowest BCUT2D eigenvalue weighted by atomic mass is 10.0. The molecule has 1 heterocycles. The Bertz CT molecular complexity index is 805. The quantitative estimate of drug-likeness (QED) is 0.750. The number of carbonyl (C=O) groups excluding carboxylic acids is 2. The van der Waals surface area contributed by atoms with E-state index in [1.54, 1.807) is 41.3 Å². The third-order valence-electron chi connectivity index (χ3n) is 4.51. The Morgan fingerprint density at radius 3 is 2.44 bits per heavy atom. The van der Waals surface area contributed by atoms with Crippen LogP contribution in [0.4, 0.5) is 0 Å². The molecule has 1 saturated heterocycles. The molecular weight excluding hydrogens is 384 g/mol. The summed E-state index contributed by atoms with van der Waals surface area (Å²) in [5, 5.41) is 3.65. The topological polar surface area (TPSA) is 58.6 Å². The zero-order valence-corrected chi connectivity index (χ0v) is 16.4. The van der Waals surface area contributed by atoms with E-state index in [4.69, 9.17) is 16.3 Å². The molecule has 5 nitrogen and oxygen atoms in total. The summed E-state index contributed by atoms with van der Waals surface area (Å²) in [5.41, 5.74) is 0.565. The van der Waals surface area contributed by atoms with Crippen LogP contribution in [0, 0.1) is 0 Å². The van der Waals surface area contributed by atoms with Gasteiger partial charge in [0.25, 0.3) is 11.8 Å². The van der Waals surface area contributed by atoms with Gasteiger partial charge in [0.15, 0.2) is 6.61 Å². The maximum atomic E-state index is 12.4. The third-order valence-corrected chi connectivity index (χ3v) is 5.15. The van der Waals surface area contributed by atoms with Crippen molar-refractivity contribution in [1.82, 2.24) is 10.2 Å². The molecule has 142 valence electrons. The van der Waals surface area contributed by atoms with Crippen molar-refractivity contribution in [1.29, 1.82) is 0 Å². The van der Waals surface area contributed by atoms with Gasteiger partial charge >= 0.3 is 0 Å². The molecule has 1 N–H and O–H groups in total. The van der Waals surface area contributed by atoms with Gasteiger partial charge in [-0.2, -0.15) is 0 Å². The second-order valence-corrected chi connectivity index (χ2v) is 7.31. The highest BCUT2D eigenvalue weighted by atomic mass is 35.5. The number of nitrogens with zero attached hydrogens (tertiary/aromatic N) is 1. The molecule has 1 fully saturated rings. The van der Waals surface area contributed by atoms with Gasteiger partial charge in [-0.3, -0.25) is 9.59 Å². The highest BCUT2D eigenvalue weighted by molar-refractivity contribution is 7.80. The largest absolute Gasteiger partial charge is 0.484 e. The second-order valence-electron chi connectivity index (χ2n) is 6.39. The highest BCUT2D eigenvalue weighted by Crippen LogP contribution is 2.17. The van der Waals surface area contributed by atoms with Crippen LogP contribution >= 0.6 is 24.2 Å². The molecule has 0 saturated carbocycles. The summed E-state index contributed by atoms with van der Waals surface area (Å²) in [6, 6.07) is 14.2. The van der Waals surface area contributed by atoms with Crippen LogP contribution in [0.5, 0.6) is 5.75 Å². The number of amides is 2. The Labute approximate surface area is 169 Å². The number of rotatable bonds is 5. The van der Waals surface area contributed by atoms with Crippen molar-refractivity contribution in [3.8, 4) is 5.75 Å². The van der Waals surface area contributed by atoms with Crippen molar-refractivity contribution in [2.45, 2.75) is 23.8 Å². The van der Waals surface area contributed by atoms with E-state index in [9.17, 15) is 9.59 Å². The number of carbonyl (C=O) groups is 2. The van der Waals surface area contributed by atoms with Gasteiger partial charge in [0.05, 0.1) is 5.56 Å². The molecule has 0 radical (unpaired) electrons. The van der Waals surface area contributed by atoms with E-state index in [1.165, 1.54) is 0 Å². The van der Waals surface area contributed by atoms with Crippen LogP contribution in [0.3, 0.4) is 0 Å². The standard InChI is InChI=1S/C20H21ClN2O3S/c21-14-5-7-16(8-6-14)26-13-19(24)23-11-9-15(10-12-23)22-20(25)17-3-1-2-4-18(17)27/h1-8,15,27H,9-13H2,(H,22,25). The molecule has 0 unspecified atom stereocenters. The maximum Gasteiger partial charge on any atom is 0.260 e. The molecule has 0 aromatic heterocycles. The van der Waals surface area contributed by atoms with Crippen molar-refractivity contribution >= 4 is 36.0 Å². The summed E-state index contributed by atoms with van der Waals surface area (Å²) in [7, 11) is 0. The van der Waals surface area contributed by atoms with Gasteiger partial charge in [-0.1, -0.05) is 23.7 Å². The molecule has 3 rings (SSSR count). The summed E-state index contributed by atoms with van der Waals surface area (Å²) in [6.07, 6.45) is 1.43. The first kappa shape index (κ1) is 19.6. The number of benzene rings is 2. The minimum atomic E-state index is -0.128. The van der Waals surface area contributed by atoms with Gasteiger partial charge in [-0.25, -0.2) is 0 Å². The number of hydrogen-bond acceptors (Lipinski definition) is 4. The van der Waals surface area contributed by atoms with Crippen LogP contribution in [0.2, 0.25) is 5.02 Å². The second kappa shape index (κ2) is 9.15. The molecule has 0 atom stereocenters. The van der Waals surface area contributed by atoms with Gasteiger partial charge in [-0.15, -0.1) is 12.6 Å². The number of nitrogens with one attached hydrogen (secondary N) is 1. The number of piperidine rings is 1. The molecule has 0 bridgehead atoms. The first-order valence-corrected chi connectivity index (χ1v) is 9.60. The van der Waals surface area contributed by atoms with Crippen LogP contribution in [0.1, 0.15) is 23.2 Å². The normalized spacial score (nSPS) is 14.7. The average Bonchev–Trinajstić information content (AvgIpc) is 2.68. The SMILES string of the molecule is O=C(NC1CCN(C(=O)COc2ccc(Cl)cc2)CC1)c1ccccc1S. The predicted octanol–water partition coefficient (Wildman–Crippen LogP) is 3.43. The fraction of sp³-hybridized carbons (Fsp3) is 0.300. The fourth-order valence-electron chi connectivity index (χ4n) is 2.97. The van der Waals surface area contributed by atoms with Crippen molar-refractivity contribution in [2.24, 2.45) is 0 Å². The number of likely N-dealkylation sites (tertiary alicyclic amines) is 1. The molecule has 1 aliphatic heterocycles. The van der Waals surface area contributed by atoms with E-state index in [1.807, 2.05) is 12.1 Å². The number of halogens is 1. The average molecular weight is 405 g/mol. The molecule has 0 aliphatic carbocycles. The lowest BCUT2D eigenvalue weighted by Gasteiger charge is -2.32. The summed E-state index contributed by atoms with van der Waals surface area (Å²) in [5.74, 6) is 0.423. The molecular formula is C20H21ClN2O3S. The monoisotopic (exact) mass is 404 g/mol.